The number of fused-ring (bicyclic) bond motifs is 1. The first-order valence-electron chi connectivity index (χ1n) is 11.1. The van der Waals surface area contributed by atoms with Crippen molar-refractivity contribution in [2.75, 3.05) is 52.4 Å². The number of nitrogens with zero attached hydrogens (tertiary/aromatic N) is 4. The molecule has 0 saturated carbocycles. The third-order valence-electron chi connectivity index (χ3n) is 6.10. The Balaban J connectivity index is 1.50. The van der Waals surface area contributed by atoms with Gasteiger partial charge in [0.05, 0.1) is 12.6 Å². The number of piperazine rings is 1. The quantitative estimate of drug-likeness (QED) is 0.522. The summed E-state index contributed by atoms with van der Waals surface area (Å²) >= 11 is 0. The number of alkyl halides is 3. The Hall–Kier alpha value is -1.84. The van der Waals surface area contributed by atoms with Gasteiger partial charge in [0.2, 0.25) is 0 Å². The predicted octanol–water partition coefficient (Wildman–Crippen LogP) is 1.94. The summed E-state index contributed by atoms with van der Waals surface area (Å²) in [5, 5.41) is 13.8. The fourth-order valence-corrected chi connectivity index (χ4v) is 4.21. The average Bonchev–Trinajstić information content (AvgIpc) is 2.75. The highest BCUT2D eigenvalue weighted by molar-refractivity contribution is 5.80. The van der Waals surface area contributed by atoms with Gasteiger partial charge >= 0.3 is 6.18 Å². The molecule has 2 aliphatic heterocycles. The van der Waals surface area contributed by atoms with E-state index in [9.17, 15) is 18.3 Å². The zero-order valence-corrected chi connectivity index (χ0v) is 18.4. The van der Waals surface area contributed by atoms with E-state index < -0.39 is 18.3 Å². The number of benzene rings is 1. The Morgan fingerprint density at radius 3 is 2.45 bits per heavy atom. The number of hydrogen-bond acceptors (Lipinski definition) is 4. The largest absolute Gasteiger partial charge is 0.403 e. The highest BCUT2D eigenvalue weighted by Crippen LogP contribution is 2.25. The molecule has 0 aliphatic carbocycles. The molecule has 0 spiro atoms. The molecule has 9 heteroatoms. The van der Waals surface area contributed by atoms with E-state index in [-0.39, 0.29) is 6.54 Å². The molecule has 0 radical (unpaired) electrons. The number of guanidine groups is 1. The first kappa shape index (κ1) is 23.8. The van der Waals surface area contributed by atoms with Crippen LogP contribution in [0.2, 0.25) is 0 Å². The molecular weight excluding hydrogens is 407 g/mol. The van der Waals surface area contributed by atoms with E-state index in [0.717, 1.165) is 19.5 Å². The van der Waals surface area contributed by atoms with Crippen molar-refractivity contribution in [1.82, 2.24) is 20.0 Å². The number of aliphatic hydroxyl groups excluding tert-OH is 1. The van der Waals surface area contributed by atoms with Crippen LogP contribution in [0.1, 0.15) is 25.0 Å². The van der Waals surface area contributed by atoms with Crippen LogP contribution < -0.4 is 5.32 Å². The number of aliphatic hydroxyl groups is 1. The molecule has 1 saturated heterocycles. The molecular formula is C22H34F3N5O. The molecule has 1 aromatic rings. The van der Waals surface area contributed by atoms with E-state index in [1.54, 1.807) is 0 Å². The summed E-state index contributed by atoms with van der Waals surface area (Å²) in [6, 6.07) is 6.95. The summed E-state index contributed by atoms with van der Waals surface area (Å²) in [7, 11) is 0. The van der Waals surface area contributed by atoms with Crippen LogP contribution in [0.4, 0.5) is 13.2 Å². The van der Waals surface area contributed by atoms with Crippen LogP contribution in [-0.4, -0.2) is 96.4 Å². The Morgan fingerprint density at radius 2 is 1.81 bits per heavy atom. The predicted molar refractivity (Wildman–Crippen MR) is 116 cm³/mol. The second-order valence-corrected chi connectivity index (χ2v) is 8.34. The molecule has 2 aliphatic rings. The number of aliphatic imine (C=N–C) groups is 1. The van der Waals surface area contributed by atoms with Crippen molar-refractivity contribution in [3.63, 3.8) is 0 Å². The molecule has 2 N–H and O–H groups in total. The van der Waals surface area contributed by atoms with Gasteiger partial charge in [0, 0.05) is 52.4 Å². The van der Waals surface area contributed by atoms with Gasteiger partial charge in [0.15, 0.2) is 5.96 Å². The smallest absolute Gasteiger partial charge is 0.390 e. The van der Waals surface area contributed by atoms with E-state index in [0.29, 0.717) is 45.2 Å². The van der Waals surface area contributed by atoms with Gasteiger partial charge in [-0.2, -0.15) is 13.2 Å². The van der Waals surface area contributed by atoms with Crippen LogP contribution in [-0.2, 0) is 13.0 Å². The van der Waals surface area contributed by atoms with Crippen LogP contribution in [0.15, 0.2) is 29.3 Å². The van der Waals surface area contributed by atoms with Crippen molar-refractivity contribution >= 4 is 5.96 Å². The van der Waals surface area contributed by atoms with Crippen molar-refractivity contribution in [2.45, 2.75) is 45.1 Å². The third kappa shape index (κ3) is 6.57. The fourth-order valence-electron chi connectivity index (χ4n) is 4.21. The fraction of sp³-hybridized carbons (Fsp3) is 0.682. The minimum atomic E-state index is -4.21. The van der Waals surface area contributed by atoms with Crippen molar-refractivity contribution in [2.24, 2.45) is 4.99 Å². The average molecular weight is 442 g/mol. The van der Waals surface area contributed by atoms with Gasteiger partial charge in [-0.3, -0.25) is 14.8 Å². The van der Waals surface area contributed by atoms with E-state index in [4.69, 9.17) is 0 Å². The lowest BCUT2D eigenvalue weighted by atomic mass is 10.00. The summed E-state index contributed by atoms with van der Waals surface area (Å²) in [6.07, 6.45) is -3.82. The molecule has 3 rings (SSSR count). The maximum Gasteiger partial charge on any atom is 0.403 e. The molecule has 174 valence electrons. The van der Waals surface area contributed by atoms with E-state index in [1.165, 1.54) is 23.0 Å². The highest BCUT2D eigenvalue weighted by Gasteiger charge is 2.41. The SMILES string of the molecule is CCNC(=NCC(O)CN1CCc2ccccc2C1)N1CCN(C(C)C(F)(F)F)CC1. The van der Waals surface area contributed by atoms with Gasteiger partial charge < -0.3 is 15.3 Å². The minimum absolute atomic E-state index is 0.264. The van der Waals surface area contributed by atoms with Gasteiger partial charge in [0.25, 0.3) is 0 Å². The topological polar surface area (TPSA) is 54.3 Å². The van der Waals surface area contributed by atoms with Crippen molar-refractivity contribution in [3.8, 4) is 0 Å². The first-order chi connectivity index (χ1) is 14.8. The van der Waals surface area contributed by atoms with Crippen molar-refractivity contribution < 1.29 is 18.3 Å². The van der Waals surface area contributed by atoms with Gasteiger partial charge in [-0.15, -0.1) is 0 Å². The number of hydrogen-bond donors (Lipinski definition) is 2. The van der Waals surface area contributed by atoms with Crippen LogP contribution in [0.3, 0.4) is 0 Å². The lowest BCUT2D eigenvalue weighted by molar-refractivity contribution is -0.181. The molecule has 1 aromatic carbocycles. The Bertz CT molecular complexity index is 734. The van der Waals surface area contributed by atoms with Gasteiger partial charge in [0.1, 0.15) is 6.04 Å². The highest BCUT2D eigenvalue weighted by atomic mass is 19.4. The monoisotopic (exact) mass is 441 g/mol. The minimum Gasteiger partial charge on any atom is -0.390 e. The number of β-amino-alcohol motifs (C(OH)–C–C–N with tert-alkyl or cyclic N) is 1. The summed E-state index contributed by atoms with van der Waals surface area (Å²) in [5.41, 5.74) is 2.68. The second kappa shape index (κ2) is 10.7. The summed E-state index contributed by atoms with van der Waals surface area (Å²) in [5.74, 6) is 0.657. The van der Waals surface area contributed by atoms with E-state index in [1.807, 2.05) is 17.9 Å². The Kier molecular flexibility index (Phi) is 8.18. The van der Waals surface area contributed by atoms with Crippen LogP contribution in [0, 0.1) is 0 Å². The number of halogens is 3. The molecule has 0 bridgehead atoms. The van der Waals surface area contributed by atoms with Crippen molar-refractivity contribution in [1.29, 1.82) is 0 Å². The Morgan fingerprint density at radius 1 is 1.13 bits per heavy atom. The van der Waals surface area contributed by atoms with Crippen LogP contribution >= 0.6 is 0 Å². The van der Waals surface area contributed by atoms with Gasteiger partial charge in [-0.1, -0.05) is 24.3 Å². The summed E-state index contributed by atoms with van der Waals surface area (Å²) < 4.78 is 38.9. The van der Waals surface area contributed by atoms with Gasteiger partial charge in [-0.25, -0.2) is 0 Å². The van der Waals surface area contributed by atoms with E-state index in [2.05, 4.69) is 33.4 Å². The van der Waals surface area contributed by atoms with E-state index >= 15 is 0 Å². The standard InChI is InChI=1S/C22H34F3N5O/c1-3-26-21(30-12-10-29(11-13-30)17(2)22(23,24)25)27-14-20(31)16-28-9-8-18-6-4-5-7-19(18)15-28/h4-7,17,20,31H,3,8-16H2,1-2H3,(H,26,27). The molecule has 2 heterocycles. The molecule has 0 amide bonds. The molecule has 0 aromatic heterocycles. The summed E-state index contributed by atoms with van der Waals surface area (Å²) in [6.45, 7) is 8.01. The molecule has 6 nitrogen and oxygen atoms in total. The zero-order chi connectivity index (χ0) is 22.4. The molecule has 1 fully saturated rings. The molecule has 2 unspecified atom stereocenters. The lowest BCUT2D eigenvalue weighted by Gasteiger charge is -2.39. The maximum absolute atomic E-state index is 13.0. The lowest BCUT2D eigenvalue weighted by Crippen LogP contribution is -2.56. The van der Waals surface area contributed by atoms with Gasteiger partial charge in [-0.05, 0) is 31.4 Å². The zero-order valence-electron chi connectivity index (χ0n) is 18.4. The molecule has 31 heavy (non-hydrogen) atoms. The first-order valence-corrected chi connectivity index (χ1v) is 11.1. The van der Waals surface area contributed by atoms with Crippen molar-refractivity contribution in [3.05, 3.63) is 35.4 Å². The summed E-state index contributed by atoms with van der Waals surface area (Å²) in [4.78, 5) is 10.3. The molecule has 2 atom stereocenters. The Labute approximate surface area is 182 Å². The third-order valence-corrected chi connectivity index (χ3v) is 6.10. The normalized spacial score (nSPS) is 21.0. The van der Waals surface area contributed by atoms with Crippen LogP contribution in [0.25, 0.3) is 0 Å². The van der Waals surface area contributed by atoms with Crippen LogP contribution in [0.5, 0.6) is 0 Å². The maximum atomic E-state index is 13.0. The number of rotatable bonds is 6. The second-order valence-electron chi connectivity index (χ2n) is 8.34. The number of nitrogens with one attached hydrogen (secondary N) is 1.